The predicted molar refractivity (Wildman–Crippen MR) is 92.5 cm³/mol. The van der Waals surface area contributed by atoms with Gasteiger partial charge in [0.25, 0.3) is 5.91 Å². The molecule has 0 unspecified atom stereocenters. The van der Waals surface area contributed by atoms with Crippen LogP contribution in [-0.4, -0.2) is 53.8 Å². The van der Waals surface area contributed by atoms with Gasteiger partial charge >= 0.3 is 0 Å². The Morgan fingerprint density at radius 2 is 1.92 bits per heavy atom. The maximum atomic E-state index is 12.4. The number of benzene rings is 1. The third kappa shape index (κ3) is 4.28. The molecule has 1 N–H and O–H groups in total. The SMILES string of the molecule is COc1ccccc1OCC(=O)N1C[C@@H](Cc2ccncc2)[C@@H](O)C1. The van der Waals surface area contributed by atoms with Crippen LogP contribution in [0.5, 0.6) is 11.5 Å². The van der Waals surface area contributed by atoms with Crippen LogP contribution in [0.2, 0.25) is 0 Å². The van der Waals surface area contributed by atoms with Gasteiger partial charge in [0.2, 0.25) is 0 Å². The summed E-state index contributed by atoms with van der Waals surface area (Å²) in [5.41, 5.74) is 1.11. The highest BCUT2D eigenvalue weighted by atomic mass is 16.5. The first kappa shape index (κ1) is 17.2. The lowest BCUT2D eigenvalue weighted by Crippen LogP contribution is -2.33. The number of nitrogens with zero attached hydrogens (tertiary/aromatic N) is 2. The molecule has 2 atom stereocenters. The van der Waals surface area contributed by atoms with Crippen LogP contribution in [0.4, 0.5) is 0 Å². The summed E-state index contributed by atoms with van der Waals surface area (Å²) in [4.78, 5) is 18.1. The molecule has 0 saturated carbocycles. The minimum atomic E-state index is -0.525. The maximum Gasteiger partial charge on any atom is 0.260 e. The summed E-state index contributed by atoms with van der Waals surface area (Å²) in [6.07, 6.45) is 3.67. The van der Waals surface area contributed by atoms with Crippen molar-refractivity contribution in [1.82, 2.24) is 9.88 Å². The normalized spacial score (nSPS) is 19.7. The van der Waals surface area contributed by atoms with E-state index in [2.05, 4.69) is 4.98 Å². The quantitative estimate of drug-likeness (QED) is 0.862. The predicted octanol–water partition coefficient (Wildman–Crippen LogP) is 1.53. The summed E-state index contributed by atoms with van der Waals surface area (Å²) in [5.74, 6) is 1.01. The molecule has 1 amide bonds. The number of aromatic nitrogens is 1. The first-order chi connectivity index (χ1) is 12.2. The fourth-order valence-electron chi connectivity index (χ4n) is 3.05. The first-order valence-electron chi connectivity index (χ1n) is 8.28. The summed E-state index contributed by atoms with van der Waals surface area (Å²) in [5, 5.41) is 10.3. The molecule has 0 bridgehead atoms. The Morgan fingerprint density at radius 3 is 2.64 bits per heavy atom. The third-order valence-corrected chi connectivity index (χ3v) is 4.43. The molecule has 1 aliphatic heterocycles. The molecular formula is C19H22N2O4. The van der Waals surface area contributed by atoms with Crippen LogP contribution < -0.4 is 9.47 Å². The molecule has 132 valence electrons. The topological polar surface area (TPSA) is 71.9 Å². The van der Waals surface area contributed by atoms with Gasteiger partial charge in [0.15, 0.2) is 18.1 Å². The second-order valence-electron chi connectivity index (χ2n) is 6.13. The van der Waals surface area contributed by atoms with Crippen molar-refractivity contribution in [3.63, 3.8) is 0 Å². The molecule has 1 aliphatic rings. The zero-order chi connectivity index (χ0) is 17.6. The highest BCUT2D eigenvalue weighted by Crippen LogP contribution is 2.26. The fraction of sp³-hybridized carbons (Fsp3) is 0.368. The molecule has 25 heavy (non-hydrogen) atoms. The van der Waals surface area contributed by atoms with E-state index in [1.807, 2.05) is 24.3 Å². The van der Waals surface area contributed by atoms with Gasteiger partial charge in [0.05, 0.1) is 13.2 Å². The van der Waals surface area contributed by atoms with Gasteiger partial charge in [-0.05, 0) is 36.2 Å². The molecule has 1 aromatic heterocycles. The van der Waals surface area contributed by atoms with Gasteiger partial charge < -0.3 is 19.5 Å². The van der Waals surface area contributed by atoms with E-state index in [9.17, 15) is 9.90 Å². The molecule has 1 saturated heterocycles. The molecule has 6 nitrogen and oxygen atoms in total. The molecule has 0 aliphatic carbocycles. The average Bonchev–Trinajstić information content (AvgIpc) is 3.01. The second-order valence-corrected chi connectivity index (χ2v) is 6.13. The number of ether oxygens (including phenoxy) is 2. The van der Waals surface area contributed by atoms with Gasteiger partial charge in [-0.1, -0.05) is 12.1 Å². The number of para-hydroxylation sites is 2. The number of rotatable bonds is 6. The first-order valence-corrected chi connectivity index (χ1v) is 8.28. The van der Waals surface area contributed by atoms with E-state index in [1.54, 1.807) is 36.5 Å². The Kier molecular flexibility index (Phi) is 5.50. The molecule has 1 fully saturated rings. The summed E-state index contributed by atoms with van der Waals surface area (Å²) in [7, 11) is 1.56. The van der Waals surface area contributed by atoms with E-state index in [4.69, 9.17) is 9.47 Å². The average molecular weight is 342 g/mol. The van der Waals surface area contributed by atoms with Crippen molar-refractivity contribution in [2.45, 2.75) is 12.5 Å². The minimum Gasteiger partial charge on any atom is -0.493 e. The Morgan fingerprint density at radius 1 is 1.20 bits per heavy atom. The molecule has 0 radical (unpaired) electrons. The van der Waals surface area contributed by atoms with Crippen LogP contribution in [0.3, 0.4) is 0 Å². The molecule has 6 heteroatoms. The van der Waals surface area contributed by atoms with Gasteiger partial charge in [0, 0.05) is 31.4 Å². The van der Waals surface area contributed by atoms with Crippen molar-refractivity contribution >= 4 is 5.91 Å². The van der Waals surface area contributed by atoms with Crippen molar-refractivity contribution in [3.05, 3.63) is 54.4 Å². The van der Waals surface area contributed by atoms with Crippen molar-refractivity contribution < 1.29 is 19.4 Å². The van der Waals surface area contributed by atoms with Gasteiger partial charge in [-0.3, -0.25) is 9.78 Å². The number of amides is 1. The molecule has 0 spiro atoms. The smallest absolute Gasteiger partial charge is 0.260 e. The van der Waals surface area contributed by atoms with Gasteiger partial charge in [-0.15, -0.1) is 0 Å². The molecular weight excluding hydrogens is 320 g/mol. The number of carbonyl (C=O) groups excluding carboxylic acids is 1. The number of likely N-dealkylation sites (tertiary alicyclic amines) is 1. The highest BCUT2D eigenvalue weighted by Gasteiger charge is 2.34. The van der Waals surface area contributed by atoms with Gasteiger partial charge in [0.1, 0.15) is 0 Å². The zero-order valence-electron chi connectivity index (χ0n) is 14.2. The Balaban J connectivity index is 1.54. The number of β-amino-alcohol motifs (C(OH)–C–C–N with tert-alkyl or cyclic N) is 1. The summed E-state index contributed by atoms with van der Waals surface area (Å²) in [6, 6.07) is 11.1. The van der Waals surface area contributed by atoms with Crippen molar-refractivity contribution in [3.8, 4) is 11.5 Å². The van der Waals surface area contributed by atoms with Gasteiger partial charge in [-0.2, -0.15) is 0 Å². The van der Waals surface area contributed by atoms with E-state index in [1.165, 1.54) is 0 Å². The van der Waals surface area contributed by atoms with E-state index in [0.29, 0.717) is 24.6 Å². The Labute approximate surface area is 147 Å². The minimum absolute atomic E-state index is 0.0256. The summed E-state index contributed by atoms with van der Waals surface area (Å²) >= 11 is 0. The maximum absolute atomic E-state index is 12.4. The zero-order valence-corrected chi connectivity index (χ0v) is 14.2. The van der Waals surface area contributed by atoms with E-state index < -0.39 is 6.10 Å². The number of hydrogen-bond acceptors (Lipinski definition) is 5. The Hall–Kier alpha value is -2.60. The standard InChI is InChI=1S/C19H22N2O4/c1-24-17-4-2-3-5-18(17)25-13-19(23)21-11-15(16(22)12-21)10-14-6-8-20-9-7-14/h2-9,15-16,22H,10-13H2,1H3/t15-,16+/m1/s1. The Bertz CT molecular complexity index is 708. The molecule has 3 rings (SSSR count). The van der Waals surface area contributed by atoms with E-state index in [-0.39, 0.29) is 18.4 Å². The van der Waals surface area contributed by atoms with Crippen LogP contribution in [0.15, 0.2) is 48.8 Å². The molecule has 2 aromatic rings. The lowest BCUT2D eigenvalue weighted by molar-refractivity contribution is -0.132. The number of hydrogen-bond donors (Lipinski definition) is 1. The lowest BCUT2D eigenvalue weighted by Gasteiger charge is -2.17. The van der Waals surface area contributed by atoms with Gasteiger partial charge in [-0.25, -0.2) is 0 Å². The molecule has 2 heterocycles. The van der Waals surface area contributed by atoms with Crippen LogP contribution >= 0.6 is 0 Å². The van der Waals surface area contributed by atoms with Crippen LogP contribution in [0.25, 0.3) is 0 Å². The largest absolute Gasteiger partial charge is 0.493 e. The third-order valence-electron chi connectivity index (χ3n) is 4.43. The number of carbonyl (C=O) groups is 1. The second kappa shape index (κ2) is 7.98. The van der Waals surface area contributed by atoms with Crippen LogP contribution in [-0.2, 0) is 11.2 Å². The number of methoxy groups -OCH3 is 1. The van der Waals surface area contributed by atoms with E-state index in [0.717, 1.165) is 12.0 Å². The van der Waals surface area contributed by atoms with Crippen LogP contribution in [0, 0.1) is 5.92 Å². The van der Waals surface area contributed by atoms with Crippen molar-refractivity contribution in [2.24, 2.45) is 5.92 Å². The highest BCUT2D eigenvalue weighted by molar-refractivity contribution is 5.78. The van der Waals surface area contributed by atoms with Crippen molar-refractivity contribution in [2.75, 3.05) is 26.8 Å². The van der Waals surface area contributed by atoms with Crippen LogP contribution in [0.1, 0.15) is 5.56 Å². The summed E-state index contributed by atoms with van der Waals surface area (Å²) in [6.45, 7) is 0.788. The fourth-order valence-corrected chi connectivity index (χ4v) is 3.05. The summed E-state index contributed by atoms with van der Waals surface area (Å²) < 4.78 is 10.8. The number of pyridine rings is 1. The number of aliphatic hydroxyl groups is 1. The van der Waals surface area contributed by atoms with E-state index >= 15 is 0 Å². The molecule has 1 aromatic carbocycles. The monoisotopic (exact) mass is 342 g/mol. The lowest BCUT2D eigenvalue weighted by atomic mass is 9.97. The number of aliphatic hydroxyl groups excluding tert-OH is 1. The van der Waals surface area contributed by atoms with Crippen molar-refractivity contribution in [1.29, 1.82) is 0 Å².